The highest BCUT2D eigenvalue weighted by Gasteiger charge is 2.53. The zero-order valence-electron chi connectivity index (χ0n) is 22.6. The van der Waals surface area contributed by atoms with Gasteiger partial charge in [0.15, 0.2) is 12.2 Å². The second kappa shape index (κ2) is 12.5. The average molecular weight is 621 g/mol. The molecule has 5 rings (SSSR count). The summed E-state index contributed by atoms with van der Waals surface area (Å²) in [4.78, 5) is 25.9. The molecule has 1 aromatic carbocycles. The molecule has 3 unspecified atom stereocenters. The summed E-state index contributed by atoms with van der Waals surface area (Å²) < 4.78 is 17.5. The van der Waals surface area contributed by atoms with Crippen LogP contribution in [0.5, 0.6) is 5.75 Å². The molecule has 2 aromatic rings. The number of carbonyl (C=O) groups is 2. The Kier molecular flexibility index (Phi) is 9.57. The molecule has 0 radical (unpaired) electrons. The van der Waals surface area contributed by atoms with Crippen LogP contribution < -0.4 is 21.7 Å². The first kappa shape index (κ1) is 29.8. The van der Waals surface area contributed by atoms with Crippen LogP contribution in [0.25, 0.3) is 0 Å². The molecule has 2 aliphatic heterocycles. The van der Waals surface area contributed by atoms with Crippen LogP contribution in [0, 0.1) is 5.92 Å². The van der Waals surface area contributed by atoms with Gasteiger partial charge in [-0.05, 0) is 55.5 Å². The van der Waals surface area contributed by atoms with E-state index in [2.05, 4.69) is 25.3 Å². The van der Waals surface area contributed by atoms with Crippen molar-refractivity contribution in [1.82, 2.24) is 0 Å². The molecule has 1 aliphatic carbocycles. The Balaban J connectivity index is 0.00000353. The number of hydrogen-bond acceptors (Lipinski definition) is 7. The Hall–Kier alpha value is -2.20. The van der Waals surface area contributed by atoms with Gasteiger partial charge in [-0.2, -0.15) is 0 Å². The minimum atomic E-state index is -1.56. The normalized spacial score (nSPS) is 27.4. The van der Waals surface area contributed by atoms with Crippen LogP contribution in [0.3, 0.4) is 0 Å². The number of thiophene rings is 1. The molecule has 3 aliphatic rings. The van der Waals surface area contributed by atoms with Crippen molar-refractivity contribution in [3.63, 3.8) is 0 Å². The summed E-state index contributed by atoms with van der Waals surface area (Å²) >= 11 is 1.43. The smallest absolute Gasteiger partial charge is 0.344 e. The highest BCUT2D eigenvalue weighted by Crippen LogP contribution is 2.45. The molecule has 7 nitrogen and oxygen atoms in total. The number of quaternary nitrogens is 1. The molecule has 5 atom stereocenters. The molecule has 1 aromatic heterocycles. The molecule has 39 heavy (non-hydrogen) atoms. The number of piperidine rings is 1. The molecule has 2 bridgehead atoms. The van der Waals surface area contributed by atoms with Crippen LogP contribution in [0.4, 0.5) is 0 Å². The Morgan fingerprint density at radius 2 is 1.82 bits per heavy atom. The topological polar surface area (TPSA) is 82.1 Å². The Morgan fingerprint density at radius 3 is 2.46 bits per heavy atom. The van der Waals surface area contributed by atoms with Crippen molar-refractivity contribution in [2.24, 2.45) is 5.92 Å². The number of halogens is 1. The van der Waals surface area contributed by atoms with E-state index in [1.807, 2.05) is 35.7 Å². The maximum Gasteiger partial charge on any atom is 0.344 e. The quantitative estimate of drug-likeness (QED) is 0.248. The first-order valence-electron chi connectivity index (χ1n) is 13.7. The van der Waals surface area contributed by atoms with E-state index in [-0.39, 0.29) is 53.7 Å². The van der Waals surface area contributed by atoms with Gasteiger partial charge in [0.05, 0.1) is 13.7 Å². The molecule has 9 heteroatoms. The zero-order chi connectivity index (χ0) is 26.8. The molecule has 0 amide bonds. The molecule has 1 saturated carbocycles. The number of ether oxygens (including phenoxy) is 3. The van der Waals surface area contributed by atoms with Crippen molar-refractivity contribution in [2.75, 3.05) is 20.3 Å². The molecule has 0 spiro atoms. The predicted molar refractivity (Wildman–Crippen MR) is 144 cm³/mol. The van der Waals surface area contributed by atoms with Gasteiger partial charge in [0.1, 0.15) is 30.5 Å². The number of fused-ring (bicyclic) bond motifs is 2. The molecule has 212 valence electrons. The van der Waals surface area contributed by atoms with Crippen molar-refractivity contribution in [1.29, 1.82) is 0 Å². The SMILES string of the molecule is CCOC(=O)COc1cccc(C[N+]2(C)[C@@H]3C=C[C@H]2CC(OC(=O)C(O)(c2cccs2)C2CCCC2)C3)c1.[Br-]. The number of rotatable bonds is 10. The Labute approximate surface area is 245 Å². The largest absolute Gasteiger partial charge is 1.00 e. The summed E-state index contributed by atoms with van der Waals surface area (Å²) in [5.41, 5.74) is -0.437. The molecule has 1 N–H and O–H groups in total. The van der Waals surface area contributed by atoms with E-state index in [0.29, 0.717) is 17.2 Å². The van der Waals surface area contributed by atoms with E-state index >= 15 is 0 Å². The lowest BCUT2D eigenvalue weighted by atomic mass is 9.84. The van der Waals surface area contributed by atoms with Gasteiger partial charge in [0.2, 0.25) is 0 Å². The number of hydrogen-bond donors (Lipinski definition) is 1. The highest BCUT2D eigenvalue weighted by molar-refractivity contribution is 7.10. The van der Waals surface area contributed by atoms with Crippen LogP contribution in [-0.2, 0) is 31.2 Å². The zero-order valence-corrected chi connectivity index (χ0v) is 25.0. The minimum Gasteiger partial charge on any atom is -1.00 e. The maximum absolute atomic E-state index is 13.6. The Morgan fingerprint density at radius 1 is 1.10 bits per heavy atom. The van der Waals surface area contributed by atoms with E-state index in [1.54, 1.807) is 6.92 Å². The van der Waals surface area contributed by atoms with Crippen molar-refractivity contribution < 1.29 is 50.4 Å². The van der Waals surface area contributed by atoms with E-state index in [4.69, 9.17) is 14.2 Å². The van der Waals surface area contributed by atoms with Gasteiger partial charge in [-0.25, -0.2) is 9.59 Å². The van der Waals surface area contributed by atoms with Gasteiger partial charge >= 0.3 is 11.9 Å². The average Bonchev–Trinajstić information content (AvgIpc) is 3.65. The van der Waals surface area contributed by atoms with Crippen LogP contribution in [0.1, 0.15) is 55.9 Å². The molecule has 1 saturated heterocycles. The van der Waals surface area contributed by atoms with E-state index in [1.165, 1.54) is 11.3 Å². The number of esters is 2. The second-order valence-electron chi connectivity index (χ2n) is 11.0. The van der Waals surface area contributed by atoms with Crippen molar-refractivity contribution >= 4 is 23.3 Å². The summed E-state index contributed by atoms with van der Waals surface area (Å²) in [6.45, 7) is 2.79. The third kappa shape index (κ3) is 6.11. The van der Waals surface area contributed by atoms with Gasteiger partial charge in [0, 0.05) is 29.2 Å². The molecular weight excluding hydrogens is 582 g/mol. The third-order valence-electron chi connectivity index (χ3n) is 8.59. The van der Waals surface area contributed by atoms with Gasteiger partial charge < -0.3 is 40.8 Å². The van der Waals surface area contributed by atoms with Gasteiger partial charge in [-0.15, -0.1) is 11.3 Å². The number of nitrogens with zero attached hydrogens (tertiary/aromatic N) is 1. The van der Waals surface area contributed by atoms with Crippen molar-refractivity contribution in [3.05, 3.63) is 64.4 Å². The first-order valence-corrected chi connectivity index (χ1v) is 14.6. The van der Waals surface area contributed by atoms with Crippen molar-refractivity contribution in [2.45, 2.75) is 75.8 Å². The maximum atomic E-state index is 13.6. The summed E-state index contributed by atoms with van der Waals surface area (Å²) in [5, 5.41) is 13.6. The van der Waals surface area contributed by atoms with Gasteiger partial charge in [-0.3, -0.25) is 0 Å². The summed E-state index contributed by atoms with van der Waals surface area (Å²) in [5.74, 6) is -0.314. The Bertz CT molecular complexity index is 1150. The molecule has 3 heterocycles. The fourth-order valence-electron chi connectivity index (χ4n) is 6.52. The van der Waals surface area contributed by atoms with E-state index < -0.39 is 11.6 Å². The fraction of sp³-hybridized carbons (Fsp3) is 0.533. The van der Waals surface area contributed by atoms with Gasteiger partial charge in [0.25, 0.3) is 0 Å². The molecular formula is C30H38BrNO6S. The van der Waals surface area contributed by atoms with E-state index in [9.17, 15) is 14.7 Å². The lowest BCUT2D eigenvalue weighted by Gasteiger charge is -2.47. The van der Waals surface area contributed by atoms with Crippen molar-refractivity contribution in [3.8, 4) is 5.75 Å². The second-order valence-corrected chi connectivity index (χ2v) is 11.9. The summed E-state index contributed by atoms with van der Waals surface area (Å²) in [6, 6.07) is 12.0. The minimum absolute atomic E-state index is 0. The standard InChI is InChI=1S/C30H38NO6S.BrH/c1-3-35-28(32)20-36-25-11-6-8-21(16-25)19-31(2)23-13-14-24(31)18-26(17-23)37-29(33)30(34,22-9-4-5-10-22)27-12-7-15-38-27;/h6-8,11-16,22-24,26,34H,3-5,9-10,17-20H2,1-2H3;1H/q+1;/p-1/t23-,24+,26?,30?,31?;. The number of aliphatic hydroxyl groups is 1. The lowest BCUT2D eigenvalue weighted by molar-refractivity contribution is -0.957. The third-order valence-corrected chi connectivity index (χ3v) is 9.59. The lowest BCUT2D eigenvalue weighted by Crippen LogP contribution is -3.00. The van der Waals surface area contributed by atoms with Crippen LogP contribution in [-0.4, -0.2) is 60.0 Å². The monoisotopic (exact) mass is 619 g/mol. The van der Waals surface area contributed by atoms with Crippen LogP contribution >= 0.6 is 11.3 Å². The summed E-state index contributed by atoms with van der Waals surface area (Å²) in [6.07, 6.45) is 9.48. The first-order chi connectivity index (χ1) is 18.3. The van der Waals surface area contributed by atoms with Gasteiger partial charge in [-0.1, -0.05) is 31.0 Å². The summed E-state index contributed by atoms with van der Waals surface area (Å²) in [7, 11) is 2.25. The number of benzene rings is 1. The predicted octanol–water partition coefficient (Wildman–Crippen LogP) is 1.73. The van der Waals surface area contributed by atoms with E-state index in [0.717, 1.165) is 55.1 Å². The van der Waals surface area contributed by atoms with Crippen LogP contribution in [0.2, 0.25) is 0 Å². The highest BCUT2D eigenvalue weighted by atomic mass is 79.9. The fourth-order valence-corrected chi connectivity index (χ4v) is 7.41. The van der Waals surface area contributed by atoms with Crippen LogP contribution in [0.15, 0.2) is 53.9 Å². The number of carbonyl (C=O) groups excluding carboxylic acids is 2. The number of likely N-dealkylation sites (N-methyl/N-ethyl adjacent to an activating group) is 1. The molecule has 2 fully saturated rings.